The van der Waals surface area contributed by atoms with Gasteiger partial charge in [0.2, 0.25) is 0 Å². The molecule has 0 unspecified atom stereocenters. The summed E-state index contributed by atoms with van der Waals surface area (Å²) < 4.78 is 5.61. The Morgan fingerprint density at radius 2 is 2.50 bits per heavy atom. The fourth-order valence-electron chi connectivity index (χ4n) is 1.12. The minimum absolute atomic E-state index is 0.00715. The summed E-state index contributed by atoms with van der Waals surface area (Å²) in [6.07, 6.45) is 1.49. The molecule has 1 aromatic rings. The van der Waals surface area contributed by atoms with E-state index in [1.807, 2.05) is 0 Å². The van der Waals surface area contributed by atoms with Gasteiger partial charge in [-0.15, -0.1) is 0 Å². The van der Waals surface area contributed by atoms with Crippen LogP contribution in [0.5, 0.6) is 0 Å². The zero-order valence-electron chi connectivity index (χ0n) is 7.00. The van der Waals surface area contributed by atoms with E-state index < -0.39 is 0 Å². The van der Waals surface area contributed by atoms with Crippen molar-refractivity contribution < 1.29 is 4.74 Å². The summed E-state index contributed by atoms with van der Waals surface area (Å²) in [6, 6.07) is 0. The lowest BCUT2D eigenvalue weighted by molar-refractivity contribution is -0.0789. The fraction of sp³-hybridized carbons (Fsp3) is 0.714. The first-order valence-electron chi connectivity index (χ1n) is 3.97. The standard InChI is InChI=1S/C7H12N4O/c1-7(3-8-4-7)12-2-6-9-5-10-11-6/h5,8H,2-4H2,1H3,(H,9,10,11). The number of hydrogen-bond acceptors (Lipinski definition) is 4. The summed E-state index contributed by atoms with van der Waals surface area (Å²) in [5, 5.41) is 9.65. The largest absolute Gasteiger partial charge is 0.365 e. The number of rotatable bonds is 3. The second-order valence-electron chi connectivity index (χ2n) is 3.27. The van der Waals surface area contributed by atoms with Crippen molar-refractivity contribution in [3.8, 4) is 0 Å². The van der Waals surface area contributed by atoms with Gasteiger partial charge in [-0.05, 0) is 6.92 Å². The SMILES string of the molecule is CC1(OCc2ncn[nH]2)CNC1. The van der Waals surface area contributed by atoms with Gasteiger partial charge in [-0.3, -0.25) is 5.10 Å². The number of nitrogens with zero attached hydrogens (tertiary/aromatic N) is 2. The highest BCUT2D eigenvalue weighted by Gasteiger charge is 2.32. The number of hydrogen-bond donors (Lipinski definition) is 2. The Morgan fingerprint density at radius 3 is 3.00 bits per heavy atom. The highest BCUT2D eigenvalue weighted by molar-refractivity contribution is 4.91. The molecule has 1 saturated heterocycles. The molecule has 0 spiro atoms. The van der Waals surface area contributed by atoms with Crippen LogP contribution in [-0.2, 0) is 11.3 Å². The van der Waals surface area contributed by atoms with Crippen LogP contribution in [0.1, 0.15) is 12.7 Å². The number of aromatic amines is 1. The molecule has 1 aromatic heterocycles. The minimum Gasteiger partial charge on any atom is -0.365 e. The normalized spacial score (nSPS) is 20.4. The molecule has 0 bridgehead atoms. The fourth-order valence-corrected chi connectivity index (χ4v) is 1.12. The molecule has 5 heteroatoms. The van der Waals surface area contributed by atoms with Gasteiger partial charge >= 0.3 is 0 Å². The van der Waals surface area contributed by atoms with Crippen molar-refractivity contribution in [3.05, 3.63) is 12.2 Å². The molecule has 2 N–H and O–H groups in total. The predicted octanol–water partition coefficient (Wildman–Crippen LogP) is -0.317. The Kier molecular flexibility index (Phi) is 1.82. The summed E-state index contributed by atoms with van der Waals surface area (Å²) in [6.45, 7) is 4.43. The average molecular weight is 168 g/mol. The quantitative estimate of drug-likeness (QED) is 0.649. The van der Waals surface area contributed by atoms with Crippen LogP contribution >= 0.6 is 0 Å². The minimum atomic E-state index is -0.00715. The molecule has 1 fully saturated rings. The Labute approximate surface area is 70.5 Å². The zero-order chi connectivity index (χ0) is 8.44. The van der Waals surface area contributed by atoms with Gasteiger partial charge < -0.3 is 10.1 Å². The van der Waals surface area contributed by atoms with Crippen molar-refractivity contribution >= 4 is 0 Å². The summed E-state index contributed by atoms with van der Waals surface area (Å²) >= 11 is 0. The number of ether oxygens (including phenoxy) is 1. The number of H-pyrrole nitrogens is 1. The van der Waals surface area contributed by atoms with Gasteiger partial charge in [0.1, 0.15) is 18.8 Å². The molecule has 0 aliphatic carbocycles. The predicted molar refractivity (Wildman–Crippen MR) is 42.4 cm³/mol. The lowest BCUT2D eigenvalue weighted by atomic mass is 10.0. The number of nitrogens with one attached hydrogen (secondary N) is 2. The van der Waals surface area contributed by atoms with Crippen LogP contribution in [0.25, 0.3) is 0 Å². The van der Waals surface area contributed by atoms with Crippen molar-refractivity contribution in [1.29, 1.82) is 0 Å². The molecule has 66 valence electrons. The first kappa shape index (κ1) is 7.70. The smallest absolute Gasteiger partial charge is 0.150 e. The summed E-state index contributed by atoms with van der Waals surface area (Å²) in [4.78, 5) is 3.97. The molecule has 0 aromatic carbocycles. The van der Waals surface area contributed by atoms with E-state index in [1.54, 1.807) is 0 Å². The molecule has 0 amide bonds. The van der Waals surface area contributed by atoms with Gasteiger partial charge in [-0.25, -0.2) is 4.98 Å². The lowest BCUT2D eigenvalue weighted by Gasteiger charge is -2.38. The van der Waals surface area contributed by atoms with Crippen LogP contribution in [-0.4, -0.2) is 33.9 Å². The van der Waals surface area contributed by atoms with Crippen molar-refractivity contribution in [1.82, 2.24) is 20.5 Å². The van der Waals surface area contributed by atoms with Crippen LogP contribution in [0.3, 0.4) is 0 Å². The van der Waals surface area contributed by atoms with Crippen LogP contribution in [0.4, 0.5) is 0 Å². The van der Waals surface area contributed by atoms with E-state index in [0.29, 0.717) is 6.61 Å². The Balaban J connectivity index is 1.82. The molecular formula is C7H12N4O. The average Bonchev–Trinajstić information content (AvgIpc) is 2.49. The Morgan fingerprint density at radius 1 is 1.67 bits per heavy atom. The molecule has 0 atom stereocenters. The van der Waals surface area contributed by atoms with E-state index in [4.69, 9.17) is 4.74 Å². The summed E-state index contributed by atoms with van der Waals surface area (Å²) in [5.41, 5.74) is -0.00715. The van der Waals surface area contributed by atoms with Gasteiger partial charge in [0, 0.05) is 13.1 Å². The molecule has 1 aliphatic heterocycles. The maximum atomic E-state index is 5.61. The molecule has 0 radical (unpaired) electrons. The van der Waals surface area contributed by atoms with Crippen molar-refractivity contribution in [2.24, 2.45) is 0 Å². The van der Waals surface area contributed by atoms with Crippen LogP contribution in [0, 0.1) is 0 Å². The van der Waals surface area contributed by atoms with Gasteiger partial charge in [0.25, 0.3) is 0 Å². The molecule has 2 heterocycles. The second-order valence-corrected chi connectivity index (χ2v) is 3.27. The molecular weight excluding hydrogens is 156 g/mol. The molecule has 5 nitrogen and oxygen atoms in total. The zero-order valence-corrected chi connectivity index (χ0v) is 7.00. The van der Waals surface area contributed by atoms with Crippen LogP contribution < -0.4 is 5.32 Å². The van der Waals surface area contributed by atoms with Crippen molar-refractivity contribution in [3.63, 3.8) is 0 Å². The maximum Gasteiger partial charge on any atom is 0.150 e. The van der Waals surface area contributed by atoms with Crippen molar-refractivity contribution in [2.45, 2.75) is 19.1 Å². The Hall–Kier alpha value is -0.940. The molecule has 2 rings (SSSR count). The first-order valence-corrected chi connectivity index (χ1v) is 3.97. The van der Waals surface area contributed by atoms with E-state index in [9.17, 15) is 0 Å². The van der Waals surface area contributed by atoms with Crippen LogP contribution in [0.2, 0.25) is 0 Å². The molecule has 12 heavy (non-hydrogen) atoms. The monoisotopic (exact) mass is 168 g/mol. The van der Waals surface area contributed by atoms with E-state index in [0.717, 1.165) is 18.9 Å². The lowest BCUT2D eigenvalue weighted by Crippen LogP contribution is -2.58. The number of aromatic nitrogens is 3. The highest BCUT2D eigenvalue weighted by Crippen LogP contribution is 2.16. The molecule has 1 aliphatic rings. The third-order valence-corrected chi connectivity index (χ3v) is 2.02. The van der Waals surface area contributed by atoms with Gasteiger partial charge in [0.15, 0.2) is 0 Å². The third kappa shape index (κ3) is 1.46. The van der Waals surface area contributed by atoms with Crippen molar-refractivity contribution in [2.75, 3.05) is 13.1 Å². The first-order chi connectivity index (χ1) is 5.79. The maximum absolute atomic E-state index is 5.61. The Bertz CT molecular complexity index is 242. The van der Waals surface area contributed by atoms with E-state index >= 15 is 0 Å². The van der Waals surface area contributed by atoms with Gasteiger partial charge in [-0.1, -0.05) is 0 Å². The highest BCUT2D eigenvalue weighted by atomic mass is 16.5. The van der Waals surface area contributed by atoms with E-state index in [-0.39, 0.29) is 5.60 Å². The van der Waals surface area contributed by atoms with Gasteiger partial charge in [-0.2, -0.15) is 5.10 Å². The van der Waals surface area contributed by atoms with E-state index in [1.165, 1.54) is 6.33 Å². The van der Waals surface area contributed by atoms with E-state index in [2.05, 4.69) is 27.4 Å². The summed E-state index contributed by atoms with van der Waals surface area (Å²) in [5.74, 6) is 0.781. The van der Waals surface area contributed by atoms with Crippen LogP contribution in [0.15, 0.2) is 6.33 Å². The topological polar surface area (TPSA) is 62.8 Å². The summed E-state index contributed by atoms with van der Waals surface area (Å²) in [7, 11) is 0. The second kappa shape index (κ2) is 2.84. The third-order valence-electron chi connectivity index (χ3n) is 2.02. The molecule has 0 saturated carbocycles. The van der Waals surface area contributed by atoms with Gasteiger partial charge in [0.05, 0.1) is 5.60 Å².